The Morgan fingerprint density at radius 3 is 2.23 bits per heavy atom. The molecule has 0 bridgehead atoms. The van der Waals surface area contributed by atoms with Crippen molar-refractivity contribution in [2.75, 3.05) is 19.0 Å². The predicted octanol–water partition coefficient (Wildman–Crippen LogP) is 1.21. The minimum atomic E-state index is -1.19. The van der Waals surface area contributed by atoms with E-state index in [0.29, 0.717) is 11.3 Å². The van der Waals surface area contributed by atoms with E-state index < -0.39 is 36.3 Å². The van der Waals surface area contributed by atoms with E-state index in [9.17, 15) is 24.0 Å². The third-order valence-corrected chi connectivity index (χ3v) is 4.53. The van der Waals surface area contributed by atoms with Crippen molar-refractivity contribution in [3.63, 3.8) is 0 Å². The smallest absolute Gasteiger partial charge is 0.329 e. The van der Waals surface area contributed by atoms with Gasteiger partial charge in [-0.1, -0.05) is 18.2 Å². The Kier molecular flexibility index (Phi) is 5.91. The summed E-state index contributed by atoms with van der Waals surface area (Å²) >= 11 is 0. The number of hydrogen-bond acceptors (Lipinski definition) is 6. The Balaban J connectivity index is 1.58. The summed E-state index contributed by atoms with van der Waals surface area (Å²) in [6.07, 6.45) is 0. The third kappa shape index (κ3) is 4.04. The van der Waals surface area contributed by atoms with E-state index in [0.717, 1.165) is 4.90 Å². The van der Waals surface area contributed by atoms with Gasteiger partial charge >= 0.3 is 5.97 Å². The molecule has 2 aromatic rings. The van der Waals surface area contributed by atoms with Crippen LogP contribution < -0.4 is 10.6 Å². The van der Waals surface area contributed by atoms with Crippen LogP contribution in [0.15, 0.2) is 48.5 Å². The number of carbonyl (C=O) groups is 5. The summed E-state index contributed by atoms with van der Waals surface area (Å²) in [6, 6.07) is 11.3. The largest absolute Gasteiger partial charge is 0.454 e. The Morgan fingerprint density at radius 2 is 1.63 bits per heavy atom. The molecule has 0 spiro atoms. The fourth-order valence-electron chi connectivity index (χ4n) is 3.00. The van der Waals surface area contributed by atoms with Crippen LogP contribution in [0.1, 0.15) is 38.0 Å². The highest BCUT2D eigenvalue weighted by Gasteiger charge is 2.41. The fraction of sp³-hybridized carbons (Fsp3) is 0.190. The Hall–Kier alpha value is -4.01. The monoisotopic (exact) mass is 409 g/mol. The van der Waals surface area contributed by atoms with Crippen LogP contribution in [0.5, 0.6) is 0 Å². The van der Waals surface area contributed by atoms with Crippen LogP contribution in [-0.4, -0.2) is 54.2 Å². The summed E-state index contributed by atoms with van der Waals surface area (Å²) in [5.74, 6) is -3.01. The molecule has 1 aliphatic rings. The molecule has 0 radical (unpaired) electrons. The molecule has 0 fully saturated rings. The van der Waals surface area contributed by atoms with Gasteiger partial charge in [0, 0.05) is 18.3 Å². The topological polar surface area (TPSA) is 122 Å². The molecule has 9 heteroatoms. The maximum absolute atomic E-state index is 12.4. The van der Waals surface area contributed by atoms with E-state index in [1.165, 1.54) is 32.2 Å². The van der Waals surface area contributed by atoms with E-state index in [1.807, 2.05) is 0 Å². The number of esters is 1. The Bertz CT molecular complexity index is 1010. The molecule has 1 unspecified atom stereocenters. The van der Waals surface area contributed by atoms with Gasteiger partial charge in [0.05, 0.1) is 11.1 Å². The summed E-state index contributed by atoms with van der Waals surface area (Å²) in [7, 11) is 1.49. The second-order valence-electron chi connectivity index (χ2n) is 6.52. The van der Waals surface area contributed by atoms with Crippen molar-refractivity contribution in [3.05, 3.63) is 65.2 Å². The number of benzene rings is 2. The lowest BCUT2D eigenvalue weighted by atomic mass is 10.1. The molecule has 9 nitrogen and oxygen atoms in total. The molecule has 1 aliphatic heterocycles. The van der Waals surface area contributed by atoms with Gasteiger partial charge < -0.3 is 15.4 Å². The number of rotatable bonds is 6. The maximum Gasteiger partial charge on any atom is 0.329 e. The molecule has 2 N–H and O–H groups in total. The standard InChI is InChI=1S/C21H19N3O6/c1-12(24-19(27)15-8-3-4-9-16(15)20(24)28)21(29)30-11-17(25)23-14-7-5-6-13(10-14)18(26)22-2/h3-10,12H,11H2,1-2H3,(H,22,26)(H,23,25). The highest BCUT2D eigenvalue weighted by Crippen LogP contribution is 2.24. The normalized spacial score (nSPS) is 13.5. The molecule has 2 aromatic carbocycles. The molecular formula is C21H19N3O6. The van der Waals surface area contributed by atoms with Gasteiger partial charge in [-0.15, -0.1) is 0 Å². The number of imide groups is 1. The lowest BCUT2D eigenvalue weighted by Gasteiger charge is -2.20. The van der Waals surface area contributed by atoms with Crippen LogP contribution in [0.3, 0.4) is 0 Å². The van der Waals surface area contributed by atoms with Gasteiger partial charge in [0.15, 0.2) is 6.61 Å². The van der Waals surface area contributed by atoms with E-state index >= 15 is 0 Å². The van der Waals surface area contributed by atoms with Crippen molar-refractivity contribution < 1.29 is 28.7 Å². The molecule has 4 amide bonds. The zero-order valence-corrected chi connectivity index (χ0v) is 16.3. The lowest BCUT2D eigenvalue weighted by Crippen LogP contribution is -2.44. The van der Waals surface area contributed by atoms with Gasteiger partial charge in [0.1, 0.15) is 6.04 Å². The first kappa shape index (κ1) is 20.7. The van der Waals surface area contributed by atoms with Crippen LogP contribution in [0, 0.1) is 0 Å². The number of nitrogens with one attached hydrogen (secondary N) is 2. The van der Waals surface area contributed by atoms with Crippen molar-refractivity contribution in [2.24, 2.45) is 0 Å². The summed E-state index contributed by atoms with van der Waals surface area (Å²) < 4.78 is 4.97. The van der Waals surface area contributed by atoms with Crippen LogP contribution in [-0.2, 0) is 14.3 Å². The molecule has 1 heterocycles. The molecule has 0 aromatic heterocycles. The molecule has 0 aliphatic carbocycles. The average molecular weight is 409 g/mol. The number of anilines is 1. The average Bonchev–Trinajstić information content (AvgIpc) is 3.01. The number of fused-ring (bicyclic) bond motifs is 1. The van der Waals surface area contributed by atoms with Gasteiger partial charge in [0.2, 0.25) is 0 Å². The quantitative estimate of drug-likeness (QED) is 0.546. The van der Waals surface area contributed by atoms with E-state index in [2.05, 4.69) is 10.6 Å². The minimum absolute atomic E-state index is 0.218. The highest BCUT2D eigenvalue weighted by molar-refractivity contribution is 6.22. The van der Waals surface area contributed by atoms with Crippen molar-refractivity contribution in [1.29, 1.82) is 0 Å². The SMILES string of the molecule is CNC(=O)c1cccc(NC(=O)COC(=O)C(C)N2C(=O)c3ccccc3C2=O)c1. The first-order valence-electron chi connectivity index (χ1n) is 9.09. The first-order valence-corrected chi connectivity index (χ1v) is 9.09. The highest BCUT2D eigenvalue weighted by atomic mass is 16.5. The zero-order chi connectivity index (χ0) is 21.8. The zero-order valence-electron chi connectivity index (χ0n) is 16.3. The summed E-state index contributed by atoms with van der Waals surface area (Å²) in [6.45, 7) is 0.741. The molecule has 30 heavy (non-hydrogen) atoms. The number of ether oxygens (including phenoxy) is 1. The minimum Gasteiger partial charge on any atom is -0.454 e. The van der Waals surface area contributed by atoms with Crippen LogP contribution in [0.4, 0.5) is 5.69 Å². The maximum atomic E-state index is 12.4. The fourth-order valence-corrected chi connectivity index (χ4v) is 3.00. The first-order chi connectivity index (χ1) is 14.3. The molecule has 3 rings (SSSR count). The second kappa shape index (κ2) is 8.56. The third-order valence-electron chi connectivity index (χ3n) is 4.53. The summed E-state index contributed by atoms with van der Waals surface area (Å²) in [5, 5.41) is 4.99. The lowest BCUT2D eigenvalue weighted by molar-refractivity contribution is -0.150. The van der Waals surface area contributed by atoms with Gasteiger partial charge in [0.25, 0.3) is 23.6 Å². The molecule has 154 valence electrons. The van der Waals surface area contributed by atoms with Gasteiger partial charge in [-0.2, -0.15) is 0 Å². The van der Waals surface area contributed by atoms with Crippen molar-refractivity contribution in [3.8, 4) is 0 Å². The van der Waals surface area contributed by atoms with Crippen molar-refractivity contribution >= 4 is 35.3 Å². The number of carbonyl (C=O) groups excluding carboxylic acids is 5. The van der Waals surface area contributed by atoms with Crippen LogP contribution in [0.25, 0.3) is 0 Å². The summed E-state index contributed by atoms with van der Waals surface area (Å²) in [5.41, 5.74) is 1.14. The van der Waals surface area contributed by atoms with Gasteiger partial charge in [-0.05, 0) is 37.3 Å². The molecule has 0 saturated heterocycles. The van der Waals surface area contributed by atoms with Gasteiger partial charge in [-0.3, -0.25) is 24.1 Å². The number of amides is 4. The Morgan fingerprint density at radius 1 is 1.00 bits per heavy atom. The predicted molar refractivity (Wildman–Crippen MR) is 106 cm³/mol. The molecule has 0 saturated carbocycles. The van der Waals surface area contributed by atoms with Gasteiger partial charge in [-0.25, -0.2) is 4.79 Å². The Labute approximate surface area is 172 Å². The van der Waals surface area contributed by atoms with E-state index in [4.69, 9.17) is 4.74 Å². The van der Waals surface area contributed by atoms with Crippen LogP contribution in [0.2, 0.25) is 0 Å². The number of nitrogens with zero attached hydrogens (tertiary/aromatic N) is 1. The van der Waals surface area contributed by atoms with E-state index in [1.54, 1.807) is 30.3 Å². The molecule has 1 atom stereocenters. The van der Waals surface area contributed by atoms with Crippen LogP contribution >= 0.6 is 0 Å². The summed E-state index contributed by atoms with van der Waals surface area (Å²) in [4.78, 5) is 61.7. The second-order valence-corrected chi connectivity index (χ2v) is 6.52. The molecular weight excluding hydrogens is 390 g/mol. The van der Waals surface area contributed by atoms with Crippen molar-refractivity contribution in [2.45, 2.75) is 13.0 Å². The van der Waals surface area contributed by atoms with Crippen molar-refractivity contribution in [1.82, 2.24) is 10.2 Å². The van der Waals surface area contributed by atoms with E-state index in [-0.39, 0.29) is 17.0 Å². The number of hydrogen-bond donors (Lipinski definition) is 2.